The summed E-state index contributed by atoms with van der Waals surface area (Å²) in [5.41, 5.74) is -0.385. The van der Waals surface area contributed by atoms with Crippen LogP contribution in [0.1, 0.15) is 16.6 Å². The predicted octanol–water partition coefficient (Wildman–Crippen LogP) is 0.920. The van der Waals surface area contributed by atoms with Gasteiger partial charge >= 0.3 is 5.69 Å². The van der Waals surface area contributed by atoms with E-state index in [4.69, 9.17) is 27.9 Å². The molecule has 3 atom stereocenters. The number of halogens is 2. The zero-order valence-corrected chi connectivity index (χ0v) is 14.8. The molecular formula is C16H15Cl2N3O5. The minimum Gasteiger partial charge on any atom is -0.394 e. The van der Waals surface area contributed by atoms with Gasteiger partial charge in [0.25, 0.3) is 5.91 Å². The lowest BCUT2D eigenvalue weighted by molar-refractivity contribution is -0.0461. The molecule has 1 aromatic carbocycles. The molecule has 3 rings (SSSR count). The van der Waals surface area contributed by atoms with Gasteiger partial charge in [-0.1, -0.05) is 41.4 Å². The molecule has 1 amide bonds. The van der Waals surface area contributed by atoms with Crippen LogP contribution in [0, 0.1) is 0 Å². The van der Waals surface area contributed by atoms with Gasteiger partial charge in [-0.15, -0.1) is 0 Å². The first-order chi connectivity index (χ1) is 12.3. The maximum Gasteiger partial charge on any atom is 0.351 e. The van der Waals surface area contributed by atoms with Crippen molar-refractivity contribution >= 4 is 34.9 Å². The first-order valence-corrected chi connectivity index (χ1v) is 8.38. The number of hydrogen-bond donors (Lipinski definition) is 3. The maximum atomic E-state index is 12.3. The fourth-order valence-corrected chi connectivity index (χ4v) is 3.15. The van der Waals surface area contributed by atoms with Crippen LogP contribution >= 0.6 is 23.2 Å². The first kappa shape index (κ1) is 18.8. The lowest BCUT2D eigenvalue weighted by Gasteiger charge is -2.24. The molecule has 8 nitrogen and oxygen atoms in total. The number of benzene rings is 1. The second-order valence-corrected chi connectivity index (χ2v) is 7.10. The average Bonchev–Trinajstić information content (AvgIpc) is 2.85. The smallest absolute Gasteiger partial charge is 0.351 e. The van der Waals surface area contributed by atoms with Crippen molar-refractivity contribution in [3.05, 3.63) is 58.6 Å². The third-order valence-electron chi connectivity index (χ3n) is 3.92. The first-order valence-electron chi connectivity index (χ1n) is 7.62. The normalized spacial score (nSPS) is 24.4. The molecule has 0 spiro atoms. The molecule has 138 valence electrons. The number of carbonyl (C=O) groups excluding carboxylic acids is 1. The molecular weight excluding hydrogens is 385 g/mol. The number of rotatable bonds is 4. The van der Waals surface area contributed by atoms with Gasteiger partial charge in [-0.2, -0.15) is 4.98 Å². The zero-order valence-electron chi connectivity index (χ0n) is 13.3. The van der Waals surface area contributed by atoms with Crippen LogP contribution in [-0.2, 0) is 4.74 Å². The van der Waals surface area contributed by atoms with Gasteiger partial charge in [0.1, 0.15) is 18.0 Å². The number of aliphatic hydroxyl groups is 2. The molecule has 0 aliphatic carbocycles. The number of aromatic nitrogens is 2. The van der Waals surface area contributed by atoms with Crippen LogP contribution in [0.25, 0.3) is 0 Å². The number of hydrogen-bond acceptors (Lipinski definition) is 6. The molecule has 0 unspecified atom stereocenters. The van der Waals surface area contributed by atoms with E-state index in [-0.39, 0.29) is 5.82 Å². The zero-order chi connectivity index (χ0) is 18.9. The Bertz CT molecular complexity index is 858. The highest BCUT2D eigenvalue weighted by Crippen LogP contribution is 2.45. The van der Waals surface area contributed by atoms with Crippen molar-refractivity contribution in [2.45, 2.75) is 22.8 Å². The van der Waals surface area contributed by atoms with Crippen molar-refractivity contribution in [1.29, 1.82) is 0 Å². The summed E-state index contributed by atoms with van der Waals surface area (Å²) in [5.74, 6) is -0.390. The van der Waals surface area contributed by atoms with Gasteiger partial charge in [-0.05, 0) is 18.2 Å². The minimum absolute atomic E-state index is 0.0344. The minimum atomic E-state index is -1.85. The second kappa shape index (κ2) is 7.34. The number of nitrogens with one attached hydrogen (secondary N) is 1. The third-order valence-corrected chi connectivity index (χ3v) is 4.74. The SMILES string of the molecule is O=C(Nc1ccn([C@@H]2O[C@H](CO)[C@@H](O)C2(Cl)Cl)c(=O)n1)c1ccccc1. The van der Waals surface area contributed by atoms with Crippen LogP contribution in [0.5, 0.6) is 0 Å². The summed E-state index contributed by atoms with van der Waals surface area (Å²) < 4.78 is 4.50. The largest absolute Gasteiger partial charge is 0.394 e. The summed E-state index contributed by atoms with van der Waals surface area (Å²) in [5, 5.41) is 21.7. The molecule has 1 saturated heterocycles. The van der Waals surface area contributed by atoms with Gasteiger partial charge in [0.15, 0.2) is 10.6 Å². The predicted molar refractivity (Wildman–Crippen MR) is 94.3 cm³/mol. The van der Waals surface area contributed by atoms with Crippen LogP contribution in [-0.4, -0.2) is 48.8 Å². The van der Waals surface area contributed by atoms with E-state index < -0.39 is 41.0 Å². The molecule has 10 heteroatoms. The van der Waals surface area contributed by atoms with E-state index in [1.165, 1.54) is 12.3 Å². The molecule has 1 aliphatic heterocycles. The van der Waals surface area contributed by atoms with Crippen LogP contribution in [0.3, 0.4) is 0 Å². The van der Waals surface area contributed by atoms with Gasteiger partial charge < -0.3 is 20.3 Å². The lowest BCUT2D eigenvalue weighted by Crippen LogP contribution is -2.40. The van der Waals surface area contributed by atoms with Crippen molar-refractivity contribution in [3.63, 3.8) is 0 Å². The molecule has 3 N–H and O–H groups in total. The summed E-state index contributed by atoms with van der Waals surface area (Å²) in [6.07, 6.45) is -2.41. The Balaban J connectivity index is 1.82. The van der Waals surface area contributed by atoms with Crippen molar-refractivity contribution in [2.75, 3.05) is 11.9 Å². The van der Waals surface area contributed by atoms with E-state index in [1.54, 1.807) is 30.3 Å². The lowest BCUT2D eigenvalue weighted by atomic mass is 10.2. The number of alkyl halides is 2. The fourth-order valence-electron chi connectivity index (χ4n) is 2.56. The van der Waals surface area contributed by atoms with Crippen LogP contribution in [0.15, 0.2) is 47.4 Å². The summed E-state index contributed by atoms with van der Waals surface area (Å²) in [4.78, 5) is 28.2. The van der Waals surface area contributed by atoms with E-state index >= 15 is 0 Å². The van der Waals surface area contributed by atoms with Gasteiger partial charge in [0, 0.05) is 11.8 Å². The number of ether oxygens (including phenoxy) is 1. The standard InChI is InChI=1S/C16H15Cl2N3O5/c17-16(18)12(23)10(8-22)26-14(16)21-7-6-11(20-15(21)25)19-13(24)9-4-2-1-3-5-9/h1-7,10,12,14,22-23H,8H2,(H,19,20,24,25)/t10-,12-,14-/m1/s1. The molecule has 26 heavy (non-hydrogen) atoms. The fraction of sp³-hybridized carbons (Fsp3) is 0.312. The number of anilines is 1. The summed E-state index contributed by atoms with van der Waals surface area (Å²) in [6.45, 7) is -0.522. The Kier molecular flexibility index (Phi) is 5.31. The Hall–Kier alpha value is -1.97. The topological polar surface area (TPSA) is 114 Å². The monoisotopic (exact) mass is 399 g/mol. The number of nitrogens with zero attached hydrogens (tertiary/aromatic N) is 2. The van der Waals surface area contributed by atoms with E-state index in [0.717, 1.165) is 4.57 Å². The molecule has 2 heterocycles. The molecule has 0 saturated carbocycles. The molecule has 0 bridgehead atoms. The Morgan fingerprint density at radius 1 is 1.31 bits per heavy atom. The Morgan fingerprint density at radius 2 is 2.00 bits per heavy atom. The molecule has 1 fully saturated rings. The number of carbonyl (C=O) groups is 1. The van der Waals surface area contributed by atoms with Gasteiger partial charge in [0.05, 0.1) is 6.61 Å². The van der Waals surface area contributed by atoms with Crippen LogP contribution < -0.4 is 11.0 Å². The van der Waals surface area contributed by atoms with Crippen LogP contribution in [0.2, 0.25) is 0 Å². The van der Waals surface area contributed by atoms with Crippen LogP contribution in [0.4, 0.5) is 5.82 Å². The van der Waals surface area contributed by atoms with Gasteiger partial charge in [0.2, 0.25) is 0 Å². The Labute approximate surface area is 158 Å². The molecule has 2 aromatic rings. The van der Waals surface area contributed by atoms with Crippen molar-refractivity contribution < 1.29 is 19.7 Å². The second-order valence-electron chi connectivity index (χ2n) is 5.65. The summed E-state index contributed by atoms with van der Waals surface area (Å²) in [7, 11) is 0. The van der Waals surface area contributed by atoms with Gasteiger partial charge in [-0.25, -0.2) is 4.79 Å². The molecule has 1 aromatic heterocycles. The molecule has 0 radical (unpaired) electrons. The van der Waals surface area contributed by atoms with E-state index in [2.05, 4.69) is 10.3 Å². The maximum absolute atomic E-state index is 12.3. The van der Waals surface area contributed by atoms with Crippen molar-refractivity contribution in [3.8, 4) is 0 Å². The highest BCUT2D eigenvalue weighted by molar-refractivity contribution is 6.49. The number of amides is 1. The van der Waals surface area contributed by atoms with E-state index in [1.807, 2.05) is 0 Å². The highest BCUT2D eigenvalue weighted by atomic mass is 35.5. The average molecular weight is 400 g/mol. The van der Waals surface area contributed by atoms with E-state index in [0.29, 0.717) is 5.56 Å². The Morgan fingerprint density at radius 3 is 2.58 bits per heavy atom. The quantitative estimate of drug-likeness (QED) is 0.658. The molecule has 1 aliphatic rings. The van der Waals surface area contributed by atoms with Gasteiger partial charge in [-0.3, -0.25) is 9.36 Å². The van der Waals surface area contributed by atoms with E-state index in [9.17, 15) is 19.8 Å². The van der Waals surface area contributed by atoms with Crippen molar-refractivity contribution in [2.24, 2.45) is 0 Å². The van der Waals surface area contributed by atoms with Crippen molar-refractivity contribution in [1.82, 2.24) is 9.55 Å². The summed E-state index contributed by atoms with van der Waals surface area (Å²) in [6, 6.07) is 9.80. The highest BCUT2D eigenvalue weighted by Gasteiger charge is 2.55. The third kappa shape index (κ3) is 3.46. The number of aliphatic hydroxyl groups excluding tert-OH is 2. The summed E-state index contributed by atoms with van der Waals surface area (Å²) >= 11 is 12.2.